The van der Waals surface area contributed by atoms with Gasteiger partial charge in [-0.25, -0.2) is 4.79 Å². The topological polar surface area (TPSA) is 32.8 Å². The fourth-order valence-corrected chi connectivity index (χ4v) is 3.62. The Morgan fingerprint density at radius 2 is 1.78 bits per heavy atom. The van der Waals surface area contributed by atoms with Crippen molar-refractivity contribution in [2.75, 3.05) is 26.2 Å². The average molecular weight is 353 g/mol. The molecule has 1 saturated heterocycles. The van der Waals surface area contributed by atoms with Gasteiger partial charge in [0, 0.05) is 31.1 Å². The summed E-state index contributed by atoms with van der Waals surface area (Å²) in [5.74, 6) is 0. The van der Waals surface area contributed by atoms with Gasteiger partial charge in [-0.2, -0.15) is 0 Å². The molecule has 1 aliphatic heterocycles. The molecule has 0 saturated carbocycles. The third-order valence-electron chi connectivity index (χ3n) is 3.38. The number of aryl methyl sites for hydroxylation is 1. The zero-order chi connectivity index (χ0) is 17.0. The summed E-state index contributed by atoms with van der Waals surface area (Å²) in [6.45, 7) is 10.5. The van der Waals surface area contributed by atoms with E-state index in [1.807, 2.05) is 26.8 Å². The maximum absolute atomic E-state index is 12.1. The Balaban J connectivity index is 1.84. The highest BCUT2D eigenvalue weighted by Crippen LogP contribution is 2.23. The molecule has 126 valence electrons. The number of carbonyl (C=O) groups is 1. The van der Waals surface area contributed by atoms with Crippen molar-refractivity contribution in [2.24, 2.45) is 0 Å². The SMILES string of the molecule is Cc1cccc(SC(=S)N2CCN(C(=O)OC(C)(C)C)CC2)c1. The van der Waals surface area contributed by atoms with Gasteiger partial charge in [0.15, 0.2) is 0 Å². The van der Waals surface area contributed by atoms with Crippen LogP contribution in [-0.4, -0.2) is 52.0 Å². The standard InChI is InChI=1S/C17H24N2O2S2/c1-13-6-5-7-14(12-13)23-16(22)19-10-8-18(9-11-19)15(20)21-17(2,3)4/h5-7,12H,8-11H2,1-4H3. The number of hydrogen-bond donors (Lipinski definition) is 0. The normalized spacial score (nSPS) is 15.5. The second-order valence-corrected chi connectivity index (χ2v) is 8.35. The van der Waals surface area contributed by atoms with E-state index in [0.29, 0.717) is 13.1 Å². The van der Waals surface area contributed by atoms with Crippen LogP contribution in [0, 0.1) is 6.92 Å². The van der Waals surface area contributed by atoms with Crippen molar-refractivity contribution in [1.82, 2.24) is 9.80 Å². The van der Waals surface area contributed by atoms with Gasteiger partial charge in [0.25, 0.3) is 0 Å². The van der Waals surface area contributed by atoms with Crippen molar-refractivity contribution >= 4 is 34.4 Å². The third-order valence-corrected chi connectivity index (χ3v) is 4.81. The minimum Gasteiger partial charge on any atom is -0.444 e. The quantitative estimate of drug-likeness (QED) is 0.565. The van der Waals surface area contributed by atoms with E-state index < -0.39 is 5.60 Å². The van der Waals surface area contributed by atoms with Crippen molar-refractivity contribution in [1.29, 1.82) is 0 Å². The summed E-state index contributed by atoms with van der Waals surface area (Å²) < 4.78 is 6.27. The number of piperazine rings is 1. The van der Waals surface area contributed by atoms with Gasteiger partial charge in [0.2, 0.25) is 0 Å². The lowest BCUT2D eigenvalue weighted by Gasteiger charge is -2.36. The van der Waals surface area contributed by atoms with Gasteiger partial charge in [-0.3, -0.25) is 0 Å². The average Bonchev–Trinajstić information content (AvgIpc) is 2.45. The predicted molar refractivity (Wildman–Crippen MR) is 99.0 cm³/mol. The van der Waals surface area contributed by atoms with E-state index in [-0.39, 0.29) is 6.09 Å². The Morgan fingerprint density at radius 1 is 1.17 bits per heavy atom. The zero-order valence-corrected chi connectivity index (χ0v) is 15.8. The molecule has 0 radical (unpaired) electrons. The minimum absolute atomic E-state index is 0.241. The molecule has 2 rings (SSSR count). The fourth-order valence-electron chi connectivity index (χ4n) is 2.24. The number of ether oxygens (including phenoxy) is 1. The first kappa shape index (κ1) is 18.1. The summed E-state index contributed by atoms with van der Waals surface area (Å²) in [6, 6.07) is 8.32. The van der Waals surface area contributed by atoms with Crippen molar-refractivity contribution < 1.29 is 9.53 Å². The van der Waals surface area contributed by atoms with Gasteiger partial charge in [-0.1, -0.05) is 41.7 Å². The number of benzene rings is 1. The van der Waals surface area contributed by atoms with Crippen LogP contribution in [0.2, 0.25) is 0 Å². The molecule has 0 aliphatic carbocycles. The molecular formula is C17H24N2O2S2. The van der Waals surface area contributed by atoms with E-state index in [2.05, 4.69) is 30.0 Å². The van der Waals surface area contributed by atoms with Gasteiger partial charge in [0.1, 0.15) is 9.92 Å². The van der Waals surface area contributed by atoms with Crippen LogP contribution >= 0.6 is 24.0 Å². The Hall–Kier alpha value is -1.27. The summed E-state index contributed by atoms with van der Waals surface area (Å²) in [5.41, 5.74) is 0.775. The number of nitrogens with zero attached hydrogens (tertiary/aromatic N) is 2. The Kier molecular flexibility index (Phi) is 5.92. The van der Waals surface area contributed by atoms with Crippen LogP contribution in [0.4, 0.5) is 4.79 Å². The molecule has 1 aromatic carbocycles. The Bertz CT molecular complexity index is 576. The first-order valence-corrected chi connectivity index (χ1v) is 8.98. The van der Waals surface area contributed by atoms with Crippen LogP contribution in [0.3, 0.4) is 0 Å². The summed E-state index contributed by atoms with van der Waals surface area (Å²) >= 11 is 7.15. The van der Waals surface area contributed by atoms with Crippen molar-refractivity contribution in [3.63, 3.8) is 0 Å². The smallest absolute Gasteiger partial charge is 0.410 e. The van der Waals surface area contributed by atoms with Crippen LogP contribution in [0.1, 0.15) is 26.3 Å². The molecule has 23 heavy (non-hydrogen) atoms. The largest absolute Gasteiger partial charge is 0.444 e. The predicted octanol–water partition coefficient (Wildman–Crippen LogP) is 3.92. The van der Waals surface area contributed by atoms with Gasteiger partial charge >= 0.3 is 6.09 Å². The van der Waals surface area contributed by atoms with Crippen molar-refractivity contribution in [3.05, 3.63) is 29.8 Å². The molecule has 1 aromatic rings. The van der Waals surface area contributed by atoms with E-state index in [4.69, 9.17) is 17.0 Å². The van der Waals surface area contributed by atoms with Crippen LogP contribution in [-0.2, 0) is 4.74 Å². The number of hydrogen-bond acceptors (Lipinski definition) is 4. The molecule has 0 N–H and O–H groups in total. The second kappa shape index (κ2) is 7.53. The van der Waals surface area contributed by atoms with Crippen molar-refractivity contribution in [2.45, 2.75) is 38.2 Å². The summed E-state index contributed by atoms with van der Waals surface area (Å²) in [5, 5.41) is 0. The van der Waals surface area contributed by atoms with E-state index >= 15 is 0 Å². The highest BCUT2D eigenvalue weighted by Gasteiger charge is 2.26. The molecular weight excluding hydrogens is 328 g/mol. The summed E-state index contributed by atoms with van der Waals surface area (Å²) in [7, 11) is 0. The lowest BCUT2D eigenvalue weighted by atomic mass is 10.2. The molecule has 0 atom stereocenters. The first-order valence-electron chi connectivity index (χ1n) is 7.76. The van der Waals surface area contributed by atoms with E-state index in [0.717, 1.165) is 22.3 Å². The molecule has 0 unspecified atom stereocenters. The van der Waals surface area contributed by atoms with Crippen molar-refractivity contribution in [3.8, 4) is 0 Å². The third kappa shape index (κ3) is 5.70. The summed E-state index contributed by atoms with van der Waals surface area (Å²) in [6.07, 6.45) is -0.241. The maximum Gasteiger partial charge on any atom is 0.410 e. The molecule has 0 aromatic heterocycles. The molecule has 6 heteroatoms. The molecule has 1 heterocycles. The Labute approximate surface area is 148 Å². The first-order chi connectivity index (χ1) is 10.7. The van der Waals surface area contributed by atoms with Gasteiger partial charge in [-0.05, 0) is 39.8 Å². The zero-order valence-electron chi connectivity index (χ0n) is 14.2. The van der Waals surface area contributed by atoms with Gasteiger partial charge < -0.3 is 14.5 Å². The highest BCUT2D eigenvalue weighted by atomic mass is 32.2. The monoisotopic (exact) mass is 352 g/mol. The van der Waals surface area contributed by atoms with Crippen LogP contribution < -0.4 is 0 Å². The minimum atomic E-state index is -0.454. The maximum atomic E-state index is 12.1. The van der Waals surface area contributed by atoms with E-state index in [1.165, 1.54) is 5.56 Å². The molecule has 1 fully saturated rings. The number of thioether (sulfide) groups is 1. The van der Waals surface area contributed by atoms with E-state index in [1.54, 1.807) is 16.7 Å². The molecule has 0 spiro atoms. The highest BCUT2D eigenvalue weighted by molar-refractivity contribution is 8.22. The van der Waals surface area contributed by atoms with E-state index in [9.17, 15) is 4.79 Å². The van der Waals surface area contributed by atoms with Crippen LogP contribution in [0.25, 0.3) is 0 Å². The molecule has 0 bridgehead atoms. The Morgan fingerprint density at radius 3 is 2.35 bits per heavy atom. The lowest BCUT2D eigenvalue weighted by molar-refractivity contribution is 0.0189. The second-order valence-electron chi connectivity index (χ2n) is 6.64. The van der Waals surface area contributed by atoms with Crippen LogP contribution in [0.5, 0.6) is 0 Å². The number of thiocarbonyl (C=S) groups is 1. The number of amides is 1. The van der Waals surface area contributed by atoms with Gasteiger partial charge in [-0.15, -0.1) is 0 Å². The van der Waals surface area contributed by atoms with Crippen LogP contribution in [0.15, 0.2) is 29.2 Å². The van der Waals surface area contributed by atoms with Gasteiger partial charge in [0.05, 0.1) is 0 Å². The fraction of sp³-hybridized carbons (Fsp3) is 0.529. The molecule has 1 aliphatic rings. The summed E-state index contributed by atoms with van der Waals surface area (Å²) in [4.78, 5) is 17.1. The number of rotatable bonds is 1. The molecule has 4 nitrogen and oxygen atoms in total. The lowest BCUT2D eigenvalue weighted by Crippen LogP contribution is -2.50. The number of carbonyl (C=O) groups excluding carboxylic acids is 1. The molecule has 1 amide bonds.